The molecule has 2 rings (SSSR count). The molecule has 0 N–H and O–H groups in total. The van der Waals surface area contributed by atoms with Crippen molar-refractivity contribution >= 4 is 11.6 Å². The number of carbonyl (C=O) groups is 2. The summed E-state index contributed by atoms with van der Waals surface area (Å²) in [6.07, 6.45) is 3.67. The smallest absolute Gasteiger partial charge is 0.187 e. The van der Waals surface area contributed by atoms with Crippen molar-refractivity contribution in [1.82, 2.24) is 14.8 Å². The zero-order chi connectivity index (χ0) is 16.8. The van der Waals surface area contributed by atoms with Gasteiger partial charge in [-0.25, -0.2) is 9.67 Å². The molecule has 0 saturated heterocycles. The Kier molecular flexibility index (Phi) is 5.36. The minimum absolute atomic E-state index is 0.296. The van der Waals surface area contributed by atoms with Crippen LogP contribution >= 0.6 is 0 Å². The summed E-state index contributed by atoms with van der Waals surface area (Å²) in [6, 6.07) is 8.71. The van der Waals surface area contributed by atoms with Crippen LogP contribution in [0.15, 0.2) is 36.9 Å². The Morgan fingerprint density at radius 2 is 2.00 bits per heavy atom. The van der Waals surface area contributed by atoms with Gasteiger partial charge >= 0.3 is 0 Å². The number of benzene rings is 1. The van der Waals surface area contributed by atoms with Crippen molar-refractivity contribution in [3.8, 4) is 6.07 Å². The molecule has 1 heterocycles. The first-order valence-corrected chi connectivity index (χ1v) is 7.45. The molecule has 118 valence electrons. The van der Waals surface area contributed by atoms with Crippen molar-refractivity contribution in [3.05, 3.63) is 48.0 Å². The van der Waals surface area contributed by atoms with E-state index < -0.39 is 11.7 Å². The van der Waals surface area contributed by atoms with Gasteiger partial charge in [0, 0.05) is 11.5 Å². The Bertz CT molecular complexity index is 714. The van der Waals surface area contributed by atoms with Crippen LogP contribution in [0, 0.1) is 23.2 Å². The highest BCUT2D eigenvalue weighted by atomic mass is 16.2. The van der Waals surface area contributed by atoms with Crippen LogP contribution in [0.25, 0.3) is 0 Å². The average Bonchev–Trinajstić information content (AvgIpc) is 3.08. The maximum atomic E-state index is 12.4. The molecule has 2 aromatic rings. The fraction of sp³-hybridized carbons (Fsp3) is 0.353. The zero-order valence-corrected chi connectivity index (χ0v) is 13.1. The summed E-state index contributed by atoms with van der Waals surface area (Å²) in [4.78, 5) is 28.4. The van der Waals surface area contributed by atoms with E-state index in [0.717, 1.165) is 5.56 Å². The van der Waals surface area contributed by atoms with Crippen LogP contribution in [-0.4, -0.2) is 26.3 Å². The molecule has 0 saturated carbocycles. The summed E-state index contributed by atoms with van der Waals surface area (Å²) >= 11 is 0. The van der Waals surface area contributed by atoms with Gasteiger partial charge in [-0.1, -0.05) is 38.1 Å². The van der Waals surface area contributed by atoms with E-state index >= 15 is 0 Å². The minimum Gasteiger partial charge on any atom is -0.297 e. The molecule has 0 radical (unpaired) electrons. The molecule has 0 amide bonds. The third-order valence-electron chi connectivity index (χ3n) is 3.82. The van der Waals surface area contributed by atoms with E-state index in [1.165, 1.54) is 6.33 Å². The third-order valence-corrected chi connectivity index (χ3v) is 3.82. The molecule has 0 fully saturated rings. The van der Waals surface area contributed by atoms with Crippen molar-refractivity contribution in [3.63, 3.8) is 0 Å². The van der Waals surface area contributed by atoms with E-state index in [0.29, 0.717) is 18.5 Å². The first kappa shape index (κ1) is 16.6. The summed E-state index contributed by atoms with van der Waals surface area (Å²) in [5.41, 5.74) is 1.32. The lowest BCUT2D eigenvalue weighted by molar-refractivity contribution is -0.123. The van der Waals surface area contributed by atoms with E-state index in [9.17, 15) is 14.9 Å². The molecular formula is C17H18N4O2. The van der Waals surface area contributed by atoms with Crippen LogP contribution in [0.5, 0.6) is 0 Å². The Hall–Kier alpha value is -2.81. The van der Waals surface area contributed by atoms with Gasteiger partial charge in [0.2, 0.25) is 0 Å². The number of rotatable bonds is 7. The van der Waals surface area contributed by atoms with Gasteiger partial charge in [-0.15, -0.1) is 0 Å². The number of hydrogen-bond donors (Lipinski definition) is 0. The van der Waals surface area contributed by atoms with E-state index in [1.54, 1.807) is 42.2 Å². The standard InChI is InChI=1S/C17H18N4O2/c1-3-12(2)16(22)15(8-18)17(23)14-6-4-13(5-7-14)9-21-11-19-10-20-21/h4-7,10-12,15H,3,9H2,1-2H3/t12-,15-/m0/s1. The summed E-state index contributed by atoms with van der Waals surface area (Å²) in [5.74, 6) is -2.28. The van der Waals surface area contributed by atoms with Crippen molar-refractivity contribution in [2.45, 2.75) is 26.8 Å². The predicted molar refractivity (Wildman–Crippen MR) is 83.5 cm³/mol. The van der Waals surface area contributed by atoms with Crippen LogP contribution in [0.2, 0.25) is 0 Å². The van der Waals surface area contributed by atoms with Gasteiger partial charge in [-0.05, 0) is 12.0 Å². The van der Waals surface area contributed by atoms with Crippen molar-refractivity contribution in [2.24, 2.45) is 11.8 Å². The van der Waals surface area contributed by atoms with Crippen LogP contribution < -0.4 is 0 Å². The number of ketones is 2. The third kappa shape index (κ3) is 3.89. The number of nitrogens with zero attached hydrogens (tertiary/aromatic N) is 4. The van der Waals surface area contributed by atoms with Gasteiger partial charge in [-0.3, -0.25) is 9.59 Å². The van der Waals surface area contributed by atoms with E-state index in [1.807, 2.05) is 13.0 Å². The van der Waals surface area contributed by atoms with Crippen molar-refractivity contribution in [2.75, 3.05) is 0 Å². The number of Topliss-reactive ketones (excluding diaryl/α,β-unsaturated/α-hetero) is 2. The van der Waals surface area contributed by atoms with Crippen LogP contribution in [-0.2, 0) is 11.3 Å². The first-order chi connectivity index (χ1) is 11.1. The highest BCUT2D eigenvalue weighted by molar-refractivity contribution is 6.13. The summed E-state index contributed by atoms with van der Waals surface area (Å²) in [6.45, 7) is 4.14. The van der Waals surface area contributed by atoms with Gasteiger partial charge in [0.25, 0.3) is 0 Å². The second kappa shape index (κ2) is 7.45. The second-order valence-corrected chi connectivity index (χ2v) is 5.43. The van der Waals surface area contributed by atoms with Gasteiger partial charge in [0.15, 0.2) is 17.5 Å². The lowest BCUT2D eigenvalue weighted by Crippen LogP contribution is -2.27. The number of carbonyl (C=O) groups excluding carboxylic acids is 2. The summed E-state index contributed by atoms with van der Waals surface area (Å²) in [5, 5.41) is 13.2. The van der Waals surface area contributed by atoms with Gasteiger partial charge in [0.1, 0.15) is 12.7 Å². The summed E-state index contributed by atoms with van der Waals surface area (Å²) < 4.78 is 1.67. The average molecular weight is 310 g/mol. The van der Waals surface area contributed by atoms with Gasteiger partial charge in [-0.2, -0.15) is 10.4 Å². The second-order valence-electron chi connectivity index (χ2n) is 5.43. The Labute approximate surface area is 134 Å². The number of hydrogen-bond acceptors (Lipinski definition) is 5. The maximum Gasteiger partial charge on any atom is 0.187 e. The van der Waals surface area contributed by atoms with Crippen molar-refractivity contribution < 1.29 is 9.59 Å². The maximum absolute atomic E-state index is 12.4. The summed E-state index contributed by atoms with van der Waals surface area (Å²) in [7, 11) is 0. The molecule has 0 aliphatic heterocycles. The molecule has 0 spiro atoms. The molecule has 6 nitrogen and oxygen atoms in total. The molecule has 2 atom stereocenters. The van der Waals surface area contributed by atoms with Gasteiger partial charge in [0.05, 0.1) is 12.6 Å². The Balaban J connectivity index is 2.13. The zero-order valence-electron chi connectivity index (χ0n) is 13.1. The first-order valence-electron chi connectivity index (χ1n) is 7.45. The van der Waals surface area contributed by atoms with Crippen molar-refractivity contribution in [1.29, 1.82) is 5.26 Å². The quantitative estimate of drug-likeness (QED) is 0.578. The van der Waals surface area contributed by atoms with E-state index in [2.05, 4.69) is 10.1 Å². The molecule has 23 heavy (non-hydrogen) atoms. The Morgan fingerprint density at radius 3 is 2.52 bits per heavy atom. The molecule has 1 aromatic carbocycles. The Morgan fingerprint density at radius 1 is 1.30 bits per heavy atom. The van der Waals surface area contributed by atoms with Crippen LogP contribution in [0.3, 0.4) is 0 Å². The molecular weight excluding hydrogens is 292 g/mol. The molecule has 1 aromatic heterocycles. The molecule has 0 unspecified atom stereocenters. The lowest BCUT2D eigenvalue weighted by atomic mass is 9.87. The number of nitriles is 1. The predicted octanol–water partition coefficient (Wildman–Crippen LogP) is 2.26. The number of aromatic nitrogens is 3. The highest BCUT2D eigenvalue weighted by Crippen LogP contribution is 2.17. The lowest BCUT2D eigenvalue weighted by Gasteiger charge is -2.12. The normalized spacial score (nSPS) is 13.1. The fourth-order valence-corrected chi connectivity index (χ4v) is 2.18. The molecule has 0 aliphatic carbocycles. The van der Waals surface area contributed by atoms with Crippen LogP contribution in [0.1, 0.15) is 36.2 Å². The molecule has 0 aliphatic rings. The fourth-order valence-electron chi connectivity index (χ4n) is 2.18. The monoisotopic (exact) mass is 310 g/mol. The van der Waals surface area contributed by atoms with E-state index in [-0.39, 0.29) is 11.7 Å². The molecule has 6 heteroatoms. The topological polar surface area (TPSA) is 88.6 Å². The van der Waals surface area contributed by atoms with Gasteiger partial charge < -0.3 is 0 Å². The molecule has 0 bridgehead atoms. The minimum atomic E-state index is -1.23. The highest BCUT2D eigenvalue weighted by Gasteiger charge is 2.30. The van der Waals surface area contributed by atoms with Crippen LogP contribution in [0.4, 0.5) is 0 Å². The largest absolute Gasteiger partial charge is 0.297 e. The SMILES string of the molecule is CC[C@H](C)C(=O)[C@H](C#N)C(=O)c1ccc(Cn2cncn2)cc1. The van der Waals surface area contributed by atoms with E-state index in [4.69, 9.17) is 0 Å².